The van der Waals surface area contributed by atoms with Crippen LogP contribution in [0, 0.1) is 3.57 Å². The second kappa shape index (κ2) is 10.6. The molecule has 0 radical (unpaired) electrons. The molecule has 0 saturated carbocycles. The van der Waals surface area contributed by atoms with Crippen LogP contribution in [-0.4, -0.2) is 19.0 Å². The lowest BCUT2D eigenvalue weighted by Gasteiger charge is -2.14. The zero-order chi connectivity index (χ0) is 24.2. The molecule has 0 aromatic heterocycles. The second-order valence-electron chi connectivity index (χ2n) is 8.07. The van der Waals surface area contributed by atoms with Gasteiger partial charge in [-0.1, -0.05) is 49.7 Å². The van der Waals surface area contributed by atoms with Gasteiger partial charge in [-0.05, 0) is 87.7 Å². The van der Waals surface area contributed by atoms with Crippen LogP contribution in [0.2, 0.25) is 5.02 Å². The fourth-order valence-corrected chi connectivity index (χ4v) is 4.44. The van der Waals surface area contributed by atoms with E-state index in [4.69, 9.17) is 25.8 Å². The first-order valence-electron chi connectivity index (χ1n) is 10.7. The summed E-state index contributed by atoms with van der Waals surface area (Å²) in [5.41, 5.74) is 3.91. The van der Waals surface area contributed by atoms with E-state index in [1.807, 2.05) is 54.6 Å². The molecule has 34 heavy (non-hydrogen) atoms. The van der Waals surface area contributed by atoms with Crippen molar-refractivity contribution in [2.45, 2.75) is 26.4 Å². The van der Waals surface area contributed by atoms with Gasteiger partial charge in [0.1, 0.15) is 6.61 Å². The van der Waals surface area contributed by atoms with Crippen molar-refractivity contribution >= 4 is 52.1 Å². The highest BCUT2D eigenvalue weighted by atomic mass is 127. The summed E-state index contributed by atoms with van der Waals surface area (Å²) in [7, 11) is 1.58. The molecule has 4 rings (SSSR count). The predicted octanol–water partition coefficient (Wildman–Crippen LogP) is 7.00. The van der Waals surface area contributed by atoms with Crippen molar-refractivity contribution in [2.75, 3.05) is 7.11 Å². The van der Waals surface area contributed by atoms with Crippen LogP contribution >= 0.6 is 34.2 Å². The van der Waals surface area contributed by atoms with Crippen molar-refractivity contribution in [1.82, 2.24) is 0 Å². The summed E-state index contributed by atoms with van der Waals surface area (Å²) < 4.78 is 17.8. The Balaban J connectivity index is 1.57. The van der Waals surface area contributed by atoms with Crippen molar-refractivity contribution < 1.29 is 19.0 Å². The van der Waals surface area contributed by atoms with E-state index in [1.54, 1.807) is 19.3 Å². The van der Waals surface area contributed by atoms with Gasteiger partial charge in [-0.25, -0.2) is 9.79 Å². The van der Waals surface area contributed by atoms with E-state index in [0.717, 1.165) is 20.3 Å². The fourth-order valence-electron chi connectivity index (χ4n) is 3.45. The topological polar surface area (TPSA) is 57.1 Å². The molecule has 5 nitrogen and oxygen atoms in total. The SMILES string of the molecule is COc1cc(/C=C2\N=C(c3ccc(C(C)C)cc3)OC2=O)cc(I)c1OCc1cccc(Cl)c1. The second-order valence-corrected chi connectivity index (χ2v) is 9.66. The summed E-state index contributed by atoms with van der Waals surface area (Å²) >= 11 is 8.25. The largest absolute Gasteiger partial charge is 0.493 e. The zero-order valence-electron chi connectivity index (χ0n) is 19.0. The maximum atomic E-state index is 12.5. The Bertz CT molecular complexity index is 1280. The lowest BCUT2D eigenvalue weighted by atomic mass is 10.0. The molecule has 7 heteroatoms. The number of carbonyl (C=O) groups excluding carboxylic acids is 1. The van der Waals surface area contributed by atoms with Crippen LogP contribution in [0.5, 0.6) is 11.5 Å². The Morgan fingerprint density at radius 1 is 1.12 bits per heavy atom. The Labute approximate surface area is 217 Å². The van der Waals surface area contributed by atoms with Crippen molar-refractivity contribution in [3.05, 3.63) is 97.2 Å². The van der Waals surface area contributed by atoms with Gasteiger partial charge in [0.15, 0.2) is 17.2 Å². The van der Waals surface area contributed by atoms with Gasteiger partial charge in [0, 0.05) is 10.6 Å². The van der Waals surface area contributed by atoms with Crippen LogP contribution in [0.4, 0.5) is 0 Å². The zero-order valence-corrected chi connectivity index (χ0v) is 21.9. The van der Waals surface area contributed by atoms with E-state index in [1.165, 1.54) is 5.56 Å². The Morgan fingerprint density at radius 3 is 2.56 bits per heavy atom. The number of esters is 1. The number of hydrogen-bond acceptors (Lipinski definition) is 5. The van der Waals surface area contributed by atoms with Crippen LogP contribution < -0.4 is 9.47 Å². The average Bonchev–Trinajstić information content (AvgIpc) is 3.18. The third-order valence-electron chi connectivity index (χ3n) is 5.27. The Kier molecular flexibility index (Phi) is 7.58. The number of halogens is 2. The third-order valence-corrected chi connectivity index (χ3v) is 6.31. The van der Waals surface area contributed by atoms with E-state index >= 15 is 0 Å². The smallest absolute Gasteiger partial charge is 0.363 e. The number of cyclic esters (lactones) is 1. The Morgan fingerprint density at radius 2 is 1.88 bits per heavy atom. The monoisotopic (exact) mass is 587 g/mol. The van der Waals surface area contributed by atoms with Crippen LogP contribution in [-0.2, 0) is 16.1 Å². The molecule has 3 aromatic carbocycles. The molecule has 1 heterocycles. The number of benzene rings is 3. The minimum Gasteiger partial charge on any atom is -0.493 e. The molecule has 0 bridgehead atoms. The molecule has 1 aliphatic rings. The Hall–Kier alpha value is -2.84. The highest BCUT2D eigenvalue weighted by Gasteiger charge is 2.24. The van der Waals surface area contributed by atoms with Gasteiger partial charge in [-0.3, -0.25) is 0 Å². The van der Waals surface area contributed by atoms with Crippen molar-refractivity contribution in [3.63, 3.8) is 0 Å². The summed E-state index contributed by atoms with van der Waals surface area (Å²) in [6.07, 6.45) is 1.68. The first-order valence-corrected chi connectivity index (χ1v) is 12.2. The number of carbonyl (C=O) groups is 1. The summed E-state index contributed by atoms with van der Waals surface area (Å²) in [5.74, 6) is 1.41. The average molecular weight is 588 g/mol. The standard InChI is InChI=1S/C27H23ClINO4/c1-16(2)19-7-9-20(10-8-19)26-30-23(27(31)34-26)13-18-12-22(29)25(24(14-18)32-3)33-15-17-5-4-6-21(28)11-17/h4-14,16H,15H2,1-3H3/b23-13-. The van der Waals surface area contributed by atoms with Crippen LogP contribution in [0.1, 0.15) is 42.0 Å². The lowest BCUT2D eigenvalue weighted by molar-refractivity contribution is -0.129. The summed E-state index contributed by atoms with van der Waals surface area (Å²) in [4.78, 5) is 16.9. The van der Waals surface area contributed by atoms with Gasteiger partial charge in [-0.15, -0.1) is 0 Å². The van der Waals surface area contributed by atoms with Gasteiger partial charge >= 0.3 is 5.97 Å². The summed E-state index contributed by atoms with van der Waals surface area (Å²) in [6.45, 7) is 4.61. The van der Waals surface area contributed by atoms with Gasteiger partial charge < -0.3 is 14.2 Å². The summed E-state index contributed by atoms with van der Waals surface area (Å²) in [6, 6.07) is 19.1. The number of ether oxygens (including phenoxy) is 3. The van der Waals surface area contributed by atoms with E-state index in [9.17, 15) is 4.79 Å². The molecule has 3 aromatic rings. The highest BCUT2D eigenvalue weighted by molar-refractivity contribution is 14.1. The van der Waals surface area contributed by atoms with Crippen molar-refractivity contribution in [2.24, 2.45) is 4.99 Å². The van der Waals surface area contributed by atoms with E-state index in [2.05, 4.69) is 41.4 Å². The fraction of sp³-hybridized carbons (Fsp3) is 0.185. The first-order chi connectivity index (χ1) is 16.3. The highest BCUT2D eigenvalue weighted by Crippen LogP contribution is 2.35. The van der Waals surface area contributed by atoms with Gasteiger partial charge in [0.25, 0.3) is 0 Å². The minimum atomic E-state index is -0.488. The maximum absolute atomic E-state index is 12.5. The number of aliphatic imine (C=N–C) groups is 1. The molecular weight excluding hydrogens is 565 g/mol. The molecule has 0 atom stereocenters. The molecule has 1 aliphatic heterocycles. The molecule has 0 N–H and O–H groups in total. The van der Waals surface area contributed by atoms with Crippen LogP contribution in [0.15, 0.2) is 71.4 Å². The molecule has 0 fully saturated rings. The molecule has 0 spiro atoms. The predicted molar refractivity (Wildman–Crippen MR) is 143 cm³/mol. The van der Waals surface area contributed by atoms with Gasteiger partial charge in [-0.2, -0.15) is 0 Å². The minimum absolute atomic E-state index is 0.230. The molecule has 0 amide bonds. The number of hydrogen-bond donors (Lipinski definition) is 0. The molecular formula is C27H23ClINO4. The summed E-state index contributed by atoms with van der Waals surface area (Å²) in [5, 5.41) is 0.656. The van der Waals surface area contributed by atoms with E-state index < -0.39 is 5.97 Å². The van der Waals surface area contributed by atoms with Gasteiger partial charge in [0.2, 0.25) is 5.90 Å². The lowest BCUT2D eigenvalue weighted by Crippen LogP contribution is -2.05. The molecule has 0 unspecified atom stereocenters. The number of nitrogens with zero attached hydrogens (tertiary/aromatic N) is 1. The van der Waals surface area contributed by atoms with Crippen molar-refractivity contribution in [3.8, 4) is 11.5 Å². The van der Waals surface area contributed by atoms with Gasteiger partial charge in [0.05, 0.1) is 10.7 Å². The molecule has 0 saturated heterocycles. The first kappa shape index (κ1) is 24.3. The van der Waals surface area contributed by atoms with E-state index in [0.29, 0.717) is 34.9 Å². The van der Waals surface area contributed by atoms with Crippen LogP contribution in [0.25, 0.3) is 6.08 Å². The normalized spacial score (nSPS) is 14.4. The quantitative estimate of drug-likeness (QED) is 0.170. The maximum Gasteiger partial charge on any atom is 0.363 e. The van der Waals surface area contributed by atoms with E-state index in [-0.39, 0.29) is 5.70 Å². The third kappa shape index (κ3) is 5.62. The molecule has 0 aliphatic carbocycles. The van der Waals surface area contributed by atoms with Crippen molar-refractivity contribution in [1.29, 1.82) is 0 Å². The number of rotatable bonds is 7. The molecule has 174 valence electrons. The number of methoxy groups -OCH3 is 1. The van der Waals surface area contributed by atoms with Crippen LogP contribution in [0.3, 0.4) is 0 Å².